The topological polar surface area (TPSA) is 6.48 Å². The molecular formula is C47H44N2. The third kappa shape index (κ3) is 4.39. The van der Waals surface area contributed by atoms with Gasteiger partial charge >= 0.3 is 0 Å². The van der Waals surface area contributed by atoms with Crippen molar-refractivity contribution < 1.29 is 0 Å². The summed E-state index contributed by atoms with van der Waals surface area (Å²) in [6.07, 6.45) is 5.06. The third-order valence-corrected chi connectivity index (χ3v) is 12.4. The summed E-state index contributed by atoms with van der Waals surface area (Å²) in [6, 6.07) is 54.1. The van der Waals surface area contributed by atoms with Crippen molar-refractivity contribution in [2.24, 2.45) is 0 Å². The van der Waals surface area contributed by atoms with Gasteiger partial charge in [-0.05, 0) is 113 Å². The first-order valence-electron chi connectivity index (χ1n) is 18.0. The van der Waals surface area contributed by atoms with E-state index in [-0.39, 0.29) is 16.4 Å². The van der Waals surface area contributed by atoms with Crippen molar-refractivity contribution in [3.8, 4) is 22.3 Å². The number of hydrogen-bond acceptors (Lipinski definition) is 2. The molecule has 6 aromatic rings. The highest BCUT2D eigenvalue weighted by Crippen LogP contribution is 2.60. The highest BCUT2D eigenvalue weighted by Gasteiger charge is 2.57. The van der Waals surface area contributed by atoms with E-state index < -0.39 is 0 Å². The number of rotatable bonds is 5. The van der Waals surface area contributed by atoms with Crippen LogP contribution < -0.4 is 9.80 Å². The van der Waals surface area contributed by atoms with Crippen molar-refractivity contribution >= 4 is 28.4 Å². The summed E-state index contributed by atoms with van der Waals surface area (Å²) in [4.78, 5) is 5.04. The number of hydrogen-bond donors (Lipinski definition) is 0. The second kappa shape index (κ2) is 11.0. The summed E-state index contributed by atoms with van der Waals surface area (Å²) >= 11 is 0. The van der Waals surface area contributed by atoms with Gasteiger partial charge in [0.15, 0.2) is 0 Å². The molecule has 2 aliphatic carbocycles. The SMILES string of the molecule is CC1(C)c2ccccc2-c2ccc(N(c3ccccc3)c3ccc(-c4ccc(N5c6ccccc6C6(C)CCCCC56C)cc4)cc3)cc21. The molecule has 0 amide bonds. The Morgan fingerprint density at radius 3 is 1.82 bits per heavy atom. The van der Waals surface area contributed by atoms with Gasteiger partial charge in [0.2, 0.25) is 0 Å². The molecule has 0 saturated heterocycles. The van der Waals surface area contributed by atoms with Crippen LogP contribution in [0.15, 0.2) is 146 Å². The minimum Gasteiger partial charge on any atom is -0.334 e. The monoisotopic (exact) mass is 636 g/mol. The highest BCUT2D eigenvalue weighted by atomic mass is 15.3. The van der Waals surface area contributed by atoms with Gasteiger partial charge in [-0.1, -0.05) is 125 Å². The number of nitrogens with zero attached hydrogens (tertiary/aromatic N) is 2. The van der Waals surface area contributed by atoms with E-state index >= 15 is 0 Å². The third-order valence-electron chi connectivity index (χ3n) is 12.4. The van der Waals surface area contributed by atoms with Gasteiger partial charge in [-0.15, -0.1) is 0 Å². The van der Waals surface area contributed by atoms with Crippen LogP contribution in [-0.4, -0.2) is 5.54 Å². The molecule has 242 valence electrons. The zero-order valence-corrected chi connectivity index (χ0v) is 29.1. The van der Waals surface area contributed by atoms with Crippen LogP contribution in [0.4, 0.5) is 28.4 Å². The molecule has 0 radical (unpaired) electrons. The van der Waals surface area contributed by atoms with Gasteiger partial charge in [0.05, 0.1) is 5.54 Å². The van der Waals surface area contributed by atoms with Crippen LogP contribution in [-0.2, 0) is 10.8 Å². The lowest BCUT2D eigenvalue weighted by atomic mass is 9.61. The summed E-state index contributed by atoms with van der Waals surface area (Å²) in [5.41, 5.74) is 15.8. The van der Waals surface area contributed by atoms with E-state index in [1.807, 2.05) is 0 Å². The summed E-state index contributed by atoms with van der Waals surface area (Å²) in [6.45, 7) is 9.70. The van der Waals surface area contributed by atoms with Crippen LogP contribution >= 0.6 is 0 Å². The molecule has 3 aliphatic rings. The van der Waals surface area contributed by atoms with Crippen LogP contribution in [0.5, 0.6) is 0 Å². The lowest BCUT2D eigenvalue weighted by molar-refractivity contribution is 0.195. The van der Waals surface area contributed by atoms with Crippen LogP contribution in [0.3, 0.4) is 0 Å². The largest absolute Gasteiger partial charge is 0.334 e. The number of fused-ring (bicyclic) bond motifs is 6. The molecule has 1 saturated carbocycles. The maximum atomic E-state index is 2.66. The van der Waals surface area contributed by atoms with Crippen molar-refractivity contribution in [2.45, 2.75) is 69.7 Å². The molecule has 2 atom stereocenters. The molecule has 6 aromatic carbocycles. The first-order chi connectivity index (χ1) is 23.8. The van der Waals surface area contributed by atoms with E-state index in [9.17, 15) is 0 Å². The fourth-order valence-electron chi connectivity index (χ4n) is 9.56. The Labute approximate surface area is 291 Å². The highest BCUT2D eigenvalue weighted by molar-refractivity contribution is 5.86. The van der Waals surface area contributed by atoms with Gasteiger partial charge in [0.1, 0.15) is 0 Å². The molecule has 0 N–H and O–H groups in total. The zero-order chi connectivity index (χ0) is 33.4. The van der Waals surface area contributed by atoms with Gasteiger partial charge in [-0.25, -0.2) is 0 Å². The van der Waals surface area contributed by atoms with Crippen LogP contribution in [0.1, 0.15) is 70.1 Å². The van der Waals surface area contributed by atoms with Gasteiger partial charge in [0.25, 0.3) is 0 Å². The maximum absolute atomic E-state index is 2.66. The minimum atomic E-state index is -0.0511. The summed E-state index contributed by atoms with van der Waals surface area (Å²) < 4.78 is 0. The number of benzene rings is 6. The van der Waals surface area contributed by atoms with Crippen molar-refractivity contribution in [1.29, 1.82) is 0 Å². The van der Waals surface area contributed by atoms with Crippen molar-refractivity contribution in [3.63, 3.8) is 0 Å². The zero-order valence-electron chi connectivity index (χ0n) is 29.1. The quantitative estimate of drug-likeness (QED) is 0.186. The summed E-state index contributed by atoms with van der Waals surface area (Å²) in [5.74, 6) is 0. The van der Waals surface area contributed by atoms with Crippen molar-refractivity contribution in [3.05, 3.63) is 162 Å². The molecule has 0 spiro atoms. The van der Waals surface area contributed by atoms with E-state index in [0.29, 0.717) is 0 Å². The summed E-state index contributed by atoms with van der Waals surface area (Å²) in [5, 5.41) is 0. The maximum Gasteiger partial charge on any atom is 0.0517 e. The predicted octanol–water partition coefficient (Wildman–Crippen LogP) is 12.9. The lowest BCUT2D eigenvalue weighted by Crippen LogP contribution is -2.54. The molecule has 49 heavy (non-hydrogen) atoms. The fourth-order valence-corrected chi connectivity index (χ4v) is 9.56. The molecule has 1 fully saturated rings. The van der Waals surface area contributed by atoms with Crippen molar-refractivity contribution in [1.82, 2.24) is 0 Å². The average Bonchev–Trinajstić information content (AvgIpc) is 3.50. The molecule has 9 rings (SSSR count). The Bertz CT molecular complexity index is 2180. The number of para-hydroxylation sites is 2. The molecule has 1 aliphatic heterocycles. The molecule has 1 heterocycles. The average molecular weight is 637 g/mol. The van der Waals surface area contributed by atoms with Crippen molar-refractivity contribution in [2.75, 3.05) is 9.80 Å². The molecule has 2 heteroatoms. The van der Waals surface area contributed by atoms with E-state index in [1.165, 1.54) is 81.7 Å². The summed E-state index contributed by atoms with van der Waals surface area (Å²) in [7, 11) is 0. The van der Waals surface area contributed by atoms with Gasteiger partial charge in [-0.3, -0.25) is 0 Å². The molecule has 2 unspecified atom stereocenters. The van der Waals surface area contributed by atoms with Gasteiger partial charge in [0, 0.05) is 39.3 Å². The van der Waals surface area contributed by atoms with E-state index in [0.717, 1.165) is 11.4 Å². The van der Waals surface area contributed by atoms with Crippen LogP contribution in [0, 0.1) is 0 Å². The van der Waals surface area contributed by atoms with Crippen LogP contribution in [0.2, 0.25) is 0 Å². The Morgan fingerprint density at radius 1 is 0.490 bits per heavy atom. The van der Waals surface area contributed by atoms with Crippen LogP contribution in [0.25, 0.3) is 22.3 Å². The molecule has 0 bridgehead atoms. The smallest absolute Gasteiger partial charge is 0.0517 e. The first-order valence-corrected chi connectivity index (χ1v) is 18.0. The standard InChI is InChI=1S/C47H44N2/c1-45(2)41-17-9-8-16-39(41)40-29-28-38(32-43(40)45)48(35-14-6-5-7-15-35)36-24-20-33(21-25-36)34-22-26-37(27-23-34)49-44-19-11-10-18-42(44)46(3)30-12-13-31-47(46,49)4/h5-11,14-29,32H,12-13,30-31H2,1-4H3. The van der Waals surface area contributed by atoms with E-state index in [4.69, 9.17) is 0 Å². The Kier molecular flexibility index (Phi) is 6.72. The minimum absolute atomic E-state index is 0.0511. The van der Waals surface area contributed by atoms with E-state index in [1.54, 1.807) is 0 Å². The second-order valence-electron chi connectivity index (χ2n) is 15.3. The second-order valence-corrected chi connectivity index (χ2v) is 15.3. The molecule has 2 nitrogen and oxygen atoms in total. The molecule has 0 aromatic heterocycles. The lowest BCUT2D eigenvalue weighted by Gasteiger charge is -2.50. The normalized spacial score (nSPS) is 21.4. The predicted molar refractivity (Wildman–Crippen MR) is 207 cm³/mol. The van der Waals surface area contributed by atoms with Gasteiger partial charge in [-0.2, -0.15) is 0 Å². The first kappa shape index (κ1) is 30.0. The molecular weight excluding hydrogens is 593 g/mol. The van der Waals surface area contributed by atoms with E-state index in [2.05, 4.69) is 183 Å². The van der Waals surface area contributed by atoms with Gasteiger partial charge < -0.3 is 9.80 Å². The Morgan fingerprint density at radius 2 is 1.06 bits per heavy atom. The fraction of sp³-hybridized carbons (Fsp3) is 0.234. The Balaban J connectivity index is 1.05. The number of anilines is 5. The Hall–Kier alpha value is -5.08.